The van der Waals surface area contributed by atoms with Gasteiger partial charge >= 0.3 is 0 Å². The molecule has 0 saturated heterocycles. The highest BCUT2D eigenvalue weighted by molar-refractivity contribution is 7.99. The number of rotatable bonds is 7. The van der Waals surface area contributed by atoms with Gasteiger partial charge in [-0.25, -0.2) is 4.98 Å². The van der Waals surface area contributed by atoms with Crippen LogP contribution < -0.4 is 15.6 Å². The zero-order valence-corrected chi connectivity index (χ0v) is 20.0. The minimum absolute atomic E-state index is 0.0883. The molecule has 1 aliphatic heterocycles. The van der Waals surface area contributed by atoms with E-state index < -0.39 is 0 Å². The van der Waals surface area contributed by atoms with E-state index >= 15 is 0 Å². The molecule has 1 atom stereocenters. The standard InChI is InChI=1S/C26H23N3O3S2/c1-2-13-29-25(31)23-19(17-8-4-3-5-9-17)15-33-24(23)28-26(29)34-16-22(30)27-20-12-14-32-21-11-7-6-10-18(20)21/h2-11,15,20H,1,12-14,16H2,(H,27,30). The number of thiophene rings is 1. The summed E-state index contributed by atoms with van der Waals surface area (Å²) in [4.78, 5) is 31.7. The van der Waals surface area contributed by atoms with Crippen molar-refractivity contribution in [2.24, 2.45) is 0 Å². The maximum atomic E-state index is 13.4. The van der Waals surface area contributed by atoms with Crippen molar-refractivity contribution in [1.29, 1.82) is 0 Å². The maximum absolute atomic E-state index is 13.4. The molecule has 5 rings (SSSR count). The van der Waals surface area contributed by atoms with Crippen LogP contribution in [0.25, 0.3) is 21.3 Å². The highest BCUT2D eigenvalue weighted by Crippen LogP contribution is 2.33. The molecule has 0 radical (unpaired) electrons. The van der Waals surface area contributed by atoms with Crippen LogP contribution in [0.3, 0.4) is 0 Å². The molecule has 8 heteroatoms. The Kier molecular flexibility index (Phi) is 6.51. The van der Waals surface area contributed by atoms with E-state index in [1.807, 2.05) is 60.0 Å². The number of thioether (sulfide) groups is 1. The summed E-state index contributed by atoms with van der Waals surface area (Å²) in [6.45, 7) is 4.68. The summed E-state index contributed by atoms with van der Waals surface area (Å²) in [5.74, 6) is 0.860. The molecular weight excluding hydrogens is 466 g/mol. The van der Waals surface area contributed by atoms with Gasteiger partial charge in [0.1, 0.15) is 10.6 Å². The number of allylic oxidation sites excluding steroid dienone is 1. The zero-order chi connectivity index (χ0) is 23.5. The second-order valence-electron chi connectivity index (χ2n) is 7.88. The molecule has 6 nitrogen and oxygen atoms in total. The van der Waals surface area contributed by atoms with Crippen molar-refractivity contribution in [3.05, 3.63) is 88.5 Å². The van der Waals surface area contributed by atoms with Gasteiger partial charge in [-0.3, -0.25) is 14.2 Å². The molecule has 1 unspecified atom stereocenters. The number of aromatic nitrogens is 2. The topological polar surface area (TPSA) is 73.2 Å². The lowest BCUT2D eigenvalue weighted by Gasteiger charge is -2.26. The van der Waals surface area contributed by atoms with Gasteiger partial charge in [-0.05, 0) is 11.6 Å². The predicted molar refractivity (Wildman–Crippen MR) is 138 cm³/mol. The lowest BCUT2D eigenvalue weighted by molar-refractivity contribution is -0.119. The number of benzene rings is 2. The zero-order valence-electron chi connectivity index (χ0n) is 18.4. The molecule has 172 valence electrons. The second-order valence-corrected chi connectivity index (χ2v) is 9.68. The summed E-state index contributed by atoms with van der Waals surface area (Å²) in [6.07, 6.45) is 2.39. The molecule has 4 aromatic rings. The molecule has 3 heterocycles. The van der Waals surface area contributed by atoms with Crippen LogP contribution in [0.4, 0.5) is 0 Å². The first-order chi connectivity index (χ1) is 16.7. The molecule has 2 aromatic heterocycles. The van der Waals surface area contributed by atoms with Crippen LogP contribution in [0.5, 0.6) is 5.75 Å². The summed E-state index contributed by atoms with van der Waals surface area (Å²) in [5.41, 5.74) is 2.73. The summed E-state index contributed by atoms with van der Waals surface area (Å²) >= 11 is 2.71. The van der Waals surface area contributed by atoms with E-state index in [4.69, 9.17) is 9.72 Å². The van der Waals surface area contributed by atoms with Crippen LogP contribution in [0.1, 0.15) is 18.0 Å². The quantitative estimate of drug-likeness (QED) is 0.224. The van der Waals surface area contributed by atoms with E-state index in [9.17, 15) is 9.59 Å². The van der Waals surface area contributed by atoms with Gasteiger partial charge in [0.15, 0.2) is 5.16 Å². The SMILES string of the molecule is C=CCn1c(SCC(=O)NC2CCOc3ccccc32)nc2scc(-c3ccccc3)c2c1=O. The predicted octanol–water partition coefficient (Wildman–Crippen LogP) is 5.04. The molecule has 0 aliphatic carbocycles. The summed E-state index contributed by atoms with van der Waals surface area (Å²) in [6, 6.07) is 17.5. The van der Waals surface area contributed by atoms with Crippen molar-refractivity contribution >= 4 is 39.2 Å². The average Bonchev–Trinajstić information content (AvgIpc) is 3.30. The van der Waals surface area contributed by atoms with Crippen molar-refractivity contribution in [2.75, 3.05) is 12.4 Å². The Morgan fingerprint density at radius 1 is 1.24 bits per heavy atom. The van der Waals surface area contributed by atoms with E-state index in [1.165, 1.54) is 23.1 Å². The van der Waals surface area contributed by atoms with Crippen LogP contribution in [-0.4, -0.2) is 27.8 Å². The smallest absolute Gasteiger partial charge is 0.263 e. The van der Waals surface area contributed by atoms with Crippen LogP contribution in [0.2, 0.25) is 0 Å². The van der Waals surface area contributed by atoms with E-state index in [2.05, 4.69) is 11.9 Å². The third-order valence-corrected chi connectivity index (χ3v) is 7.53. The van der Waals surface area contributed by atoms with Crippen LogP contribution in [0, 0.1) is 0 Å². The van der Waals surface area contributed by atoms with Gasteiger partial charge in [0.25, 0.3) is 5.56 Å². The first-order valence-corrected chi connectivity index (χ1v) is 12.8. The number of amides is 1. The number of para-hydroxylation sites is 1. The van der Waals surface area contributed by atoms with Crippen molar-refractivity contribution < 1.29 is 9.53 Å². The summed E-state index contributed by atoms with van der Waals surface area (Å²) < 4.78 is 7.28. The number of hydrogen-bond donors (Lipinski definition) is 1. The molecule has 1 amide bonds. The third kappa shape index (κ3) is 4.38. The Morgan fingerprint density at radius 3 is 2.85 bits per heavy atom. The normalized spacial score (nSPS) is 14.9. The minimum atomic E-state index is -0.119. The molecule has 1 aliphatic rings. The Balaban J connectivity index is 1.39. The van der Waals surface area contributed by atoms with Crippen molar-refractivity contribution in [1.82, 2.24) is 14.9 Å². The third-order valence-electron chi connectivity index (χ3n) is 5.68. The lowest BCUT2D eigenvalue weighted by atomic mass is 10.0. The Labute approximate surface area is 205 Å². The molecule has 0 fully saturated rings. The molecule has 0 bridgehead atoms. The highest BCUT2D eigenvalue weighted by atomic mass is 32.2. The molecule has 0 spiro atoms. The van der Waals surface area contributed by atoms with Gasteiger partial charge < -0.3 is 10.1 Å². The maximum Gasteiger partial charge on any atom is 0.263 e. The van der Waals surface area contributed by atoms with E-state index in [0.717, 1.165) is 28.9 Å². The van der Waals surface area contributed by atoms with Gasteiger partial charge in [-0.1, -0.05) is 66.4 Å². The molecular formula is C26H23N3O3S2. The molecule has 0 saturated carbocycles. The van der Waals surface area contributed by atoms with Gasteiger partial charge in [0.05, 0.1) is 23.8 Å². The highest BCUT2D eigenvalue weighted by Gasteiger charge is 2.23. The Hall–Kier alpha value is -3.36. The van der Waals surface area contributed by atoms with E-state index in [0.29, 0.717) is 28.5 Å². The number of fused-ring (bicyclic) bond motifs is 2. The van der Waals surface area contributed by atoms with E-state index in [1.54, 1.807) is 10.6 Å². The number of nitrogens with one attached hydrogen (secondary N) is 1. The number of ether oxygens (including phenoxy) is 1. The number of carbonyl (C=O) groups excluding carboxylic acids is 1. The monoisotopic (exact) mass is 489 g/mol. The minimum Gasteiger partial charge on any atom is -0.493 e. The number of carbonyl (C=O) groups is 1. The number of nitrogens with zero attached hydrogens (tertiary/aromatic N) is 2. The van der Waals surface area contributed by atoms with E-state index in [-0.39, 0.29) is 23.3 Å². The second kappa shape index (κ2) is 9.87. The van der Waals surface area contributed by atoms with Crippen molar-refractivity contribution in [3.8, 4) is 16.9 Å². The van der Waals surface area contributed by atoms with Gasteiger partial charge in [0.2, 0.25) is 5.91 Å². The Bertz CT molecular complexity index is 1410. The largest absolute Gasteiger partial charge is 0.493 e. The molecule has 1 N–H and O–H groups in total. The van der Waals surface area contributed by atoms with Gasteiger partial charge in [0, 0.05) is 29.5 Å². The molecule has 34 heavy (non-hydrogen) atoms. The summed E-state index contributed by atoms with van der Waals surface area (Å²) in [5, 5.41) is 6.19. The lowest BCUT2D eigenvalue weighted by Crippen LogP contribution is -2.33. The fourth-order valence-corrected chi connectivity index (χ4v) is 5.90. The van der Waals surface area contributed by atoms with Crippen LogP contribution >= 0.6 is 23.1 Å². The van der Waals surface area contributed by atoms with Crippen LogP contribution in [-0.2, 0) is 11.3 Å². The first-order valence-electron chi connectivity index (χ1n) is 11.0. The molecule has 2 aromatic carbocycles. The fraction of sp³-hybridized carbons (Fsp3) is 0.192. The van der Waals surface area contributed by atoms with Crippen molar-refractivity contribution in [3.63, 3.8) is 0 Å². The fourth-order valence-electron chi connectivity index (χ4n) is 4.09. The number of hydrogen-bond acceptors (Lipinski definition) is 6. The average molecular weight is 490 g/mol. The van der Waals surface area contributed by atoms with Gasteiger partial charge in [-0.2, -0.15) is 0 Å². The van der Waals surface area contributed by atoms with Gasteiger partial charge in [-0.15, -0.1) is 17.9 Å². The van der Waals surface area contributed by atoms with Crippen LogP contribution in [0.15, 0.2) is 82.6 Å². The van der Waals surface area contributed by atoms with Crippen molar-refractivity contribution in [2.45, 2.75) is 24.2 Å². The Morgan fingerprint density at radius 2 is 2.03 bits per heavy atom. The summed E-state index contributed by atoms with van der Waals surface area (Å²) in [7, 11) is 0. The first kappa shape index (κ1) is 22.4.